The average Bonchev–Trinajstić information content (AvgIpc) is 3.10. The second-order valence-corrected chi connectivity index (χ2v) is 8.38. The molecule has 7 nitrogen and oxygen atoms in total. The number of hydrogen-bond donors (Lipinski definition) is 0. The molecule has 3 amide bonds. The Kier molecular flexibility index (Phi) is 4.21. The Morgan fingerprint density at radius 1 is 1.07 bits per heavy atom. The first-order valence-corrected chi connectivity index (χ1v) is 9.70. The zero-order chi connectivity index (χ0) is 20.3. The molecule has 1 aromatic rings. The first kappa shape index (κ1) is 18.5. The van der Waals surface area contributed by atoms with Crippen molar-refractivity contribution in [3.05, 3.63) is 41.2 Å². The number of carbonyl (C=O) groups is 2. The van der Waals surface area contributed by atoms with Crippen LogP contribution in [0, 0.1) is 19.8 Å². The van der Waals surface area contributed by atoms with E-state index in [0.717, 1.165) is 11.4 Å². The third-order valence-electron chi connectivity index (χ3n) is 5.40. The van der Waals surface area contributed by atoms with Crippen molar-refractivity contribution in [2.45, 2.75) is 46.8 Å². The summed E-state index contributed by atoms with van der Waals surface area (Å²) in [7, 11) is 1.73. The van der Waals surface area contributed by atoms with E-state index in [2.05, 4.69) is 36.9 Å². The van der Waals surface area contributed by atoms with Gasteiger partial charge in [0, 0.05) is 31.2 Å². The van der Waals surface area contributed by atoms with Crippen molar-refractivity contribution in [3.63, 3.8) is 0 Å². The van der Waals surface area contributed by atoms with Gasteiger partial charge in [-0.3, -0.25) is 14.6 Å². The summed E-state index contributed by atoms with van der Waals surface area (Å²) in [5.41, 5.74) is 4.36. The van der Waals surface area contributed by atoms with Crippen LogP contribution in [0.4, 0.5) is 10.5 Å². The van der Waals surface area contributed by atoms with Crippen LogP contribution in [0.2, 0.25) is 0 Å². The molecular weight excluding hydrogens is 354 g/mol. The third kappa shape index (κ3) is 2.68. The summed E-state index contributed by atoms with van der Waals surface area (Å²) in [5.74, 6) is 0.742. The molecule has 1 fully saturated rings. The van der Waals surface area contributed by atoms with Crippen molar-refractivity contribution in [2.24, 2.45) is 10.9 Å². The number of urea groups is 1. The van der Waals surface area contributed by atoms with Gasteiger partial charge in [0.25, 0.3) is 5.91 Å². The van der Waals surface area contributed by atoms with Crippen LogP contribution in [0.25, 0.3) is 0 Å². The van der Waals surface area contributed by atoms with Crippen LogP contribution in [0.1, 0.15) is 31.9 Å². The standard InChI is InChI=1S/C21H27N5O2/c1-12(2)10-25-19(27)17-18(23(6)21(25)28)22-20-24(17)11-15(5)26(20)16-8-13(3)7-14(4)9-16/h7-9,11-12,17-18H,10H2,1-6H3. The minimum absolute atomic E-state index is 0.174. The zero-order valence-corrected chi connectivity index (χ0v) is 17.3. The van der Waals surface area contributed by atoms with Gasteiger partial charge in [0.05, 0.1) is 0 Å². The van der Waals surface area contributed by atoms with Crippen molar-refractivity contribution >= 4 is 23.6 Å². The Labute approximate surface area is 165 Å². The smallest absolute Gasteiger partial charge is 0.302 e. The molecule has 0 aliphatic carbocycles. The summed E-state index contributed by atoms with van der Waals surface area (Å²) < 4.78 is 0. The molecule has 2 atom stereocenters. The first-order chi connectivity index (χ1) is 13.2. The number of imide groups is 1. The number of hydrogen-bond acceptors (Lipinski definition) is 5. The fourth-order valence-electron chi connectivity index (χ4n) is 4.29. The fraction of sp³-hybridized carbons (Fsp3) is 0.476. The van der Waals surface area contributed by atoms with Crippen molar-refractivity contribution < 1.29 is 9.59 Å². The predicted octanol–water partition coefficient (Wildman–Crippen LogP) is 2.90. The Bertz CT molecular complexity index is 899. The van der Waals surface area contributed by atoms with E-state index in [1.807, 2.05) is 31.9 Å². The van der Waals surface area contributed by atoms with Crippen LogP contribution in [0.5, 0.6) is 0 Å². The van der Waals surface area contributed by atoms with Crippen LogP contribution in [0.15, 0.2) is 35.1 Å². The first-order valence-electron chi connectivity index (χ1n) is 9.70. The molecule has 3 aliphatic heterocycles. The van der Waals surface area contributed by atoms with Gasteiger partial charge >= 0.3 is 6.03 Å². The number of nitrogens with zero attached hydrogens (tertiary/aromatic N) is 5. The second kappa shape index (κ2) is 6.36. The molecule has 1 saturated heterocycles. The Morgan fingerprint density at radius 3 is 2.32 bits per heavy atom. The molecule has 0 aromatic heterocycles. The predicted molar refractivity (Wildman–Crippen MR) is 109 cm³/mol. The topological polar surface area (TPSA) is 59.5 Å². The summed E-state index contributed by atoms with van der Waals surface area (Å²) in [4.78, 5) is 37.7. The number of anilines is 1. The molecule has 2 unspecified atom stereocenters. The molecular formula is C21H27N5O2. The van der Waals surface area contributed by atoms with Gasteiger partial charge in [-0.15, -0.1) is 0 Å². The Morgan fingerprint density at radius 2 is 1.71 bits per heavy atom. The lowest BCUT2D eigenvalue weighted by Crippen LogP contribution is -2.64. The highest BCUT2D eigenvalue weighted by Crippen LogP contribution is 2.37. The van der Waals surface area contributed by atoms with E-state index in [4.69, 9.17) is 4.99 Å². The van der Waals surface area contributed by atoms with Crippen LogP contribution >= 0.6 is 0 Å². The van der Waals surface area contributed by atoms with Crippen LogP contribution < -0.4 is 4.90 Å². The number of aryl methyl sites for hydroxylation is 2. The number of fused-ring (bicyclic) bond motifs is 3. The number of carbonyl (C=O) groups excluding carboxylic acids is 2. The van der Waals surface area contributed by atoms with E-state index in [-0.39, 0.29) is 17.9 Å². The molecule has 0 bridgehead atoms. The highest BCUT2D eigenvalue weighted by molar-refractivity contribution is 6.09. The molecule has 0 saturated carbocycles. The van der Waals surface area contributed by atoms with Gasteiger partial charge in [0.2, 0.25) is 5.96 Å². The summed E-state index contributed by atoms with van der Waals surface area (Å²) >= 11 is 0. The SMILES string of the molecule is CC1=CN2C(=NC3C2C(=O)N(CC(C)C)C(=O)N3C)N1c1cc(C)cc(C)c1. The van der Waals surface area contributed by atoms with Gasteiger partial charge in [0.15, 0.2) is 12.2 Å². The zero-order valence-electron chi connectivity index (χ0n) is 17.3. The van der Waals surface area contributed by atoms with Crippen molar-refractivity contribution in [1.29, 1.82) is 0 Å². The number of allylic oxidation sites excluding steroid dienone is 1. The van der Waals surface area contributed by atoms with E-state index >= 15 is 0 Å². The number of guanidine groups is 1. The Hall–Kier alpha value is -2.83. The number of rotatable bonds is 3. The highest BCUT2D eigenvalue weighted by Gasteiger charge is 2.54. The molecule has 1 aromatic carbocycles. The number of amides is 3. The maximum Gasteiger partial charge on any atom is 0.328 e. The summed E-state index contributed by atoms with van der Waals surface area (Å²) in [6.45, 7) is 10.6. The Balaban J connectivity index is 1.73. The summed E-state index contributed by atoms with van der Waals surface area (Å²) in [6, 6.07) is 5.57. The van der Waals surface area contributed by atoms with Gasteiger partial charge in [0.1, 0.15) is 0 Å². The molecule has 0 radical (unpaired) electrons. The van der Waals surface area contributed by atoms with Gasteiger partial charge in [-0.1, -0.05) is 19.9 Å². The van der Waals surface area contributed by atoms with Gasteiger partial charge in [-0.05, 0) is 49.9 Å². The monoisotopic (exact) mass is 381 g/mol. The maximum atomic E-state index is 13.2. The number of benzene rings is 1. The minimum Gasteiger partial charge on any atom is -0.302 e. The summed E-state index contributed by atoms with van der Waals surface area (Å²) in [5, 5.41) is 0. The maximum absolute atomic E-state index is 13.2. The number of likely N-dealkylation sites (N-methyl/N-ethyl adjacent to an activating group) is 1. The molecule has 0 spiro atoms. The molecule has 7 heteroatoms. The van der Waals surface area contributed by atoms with E-state index in [9.17, 15) is 9.59 Å². The van der Waals surface area contributed by atoms with Crippen LogP contribution in [-0.2, 0) is 4.79 Å². The second-order valence-electron chi connectivity index (χ2n) is 8.38. The lowest BCUT2D eigenvalue weighted by atomic mass is 10.1. The molecule has 148 valence electrons. The van der Waals surface area contributed by atoms with Crippen LogP contribution in [0.3, 0.4) is 0 Å². The van der Waals surface area contributed by atoms with Crippen molar-refractivity contribution in [2.75, 3.05) is 18.5 Å². The van der Waals surface area contributed by atoms with E-state index < -0.39 is 12.2 Å². The van der Waals surface area contributed by atoms with E-state index in [1.54, 1.807) is 11.9 Å². The molecule has 4 rings (SSSR count). The summed E-state index contributed by atoms with van der Waals surface area (Å²) in [6.07, 6.45) is 1.46. The van der Waals surface area contributed by atoms with E-state index in [1.165, 1.54) is 16.0 Å². The average molecular weight is 381 g/mol. The van der Waals surface area contributed by atoms with Gasteiger partial charge < -0.3 is 9.80 Å². The number of aliphatic imine (C=N–C) groups is 1. The minimum atomic E-state index is -0.512. The molecule has 3 aliphatic rings. The van der Waals surface area contributed by atoms with Crippen molar-refractivity contribution in [1.82, 2.24) is 14.7 Å². The van der Waals surface area contributed by atoms with Gasteiger partial charge in [-0.25, -0.2) is 9.79 Å². The third-order valence-corrected chi connectivity index (χ3v) is 5.40. The lowest BCUT2D eigenvalue weighted by molar-refractivity contribution is -0.137. The largest absolute Gasteiger partial charge is 0.328 e. The van der Waals surface area contributed by atoms with Crippen LogP contribution in [-0.4, -0.2) is 58.4 Å². The fourth-order valence-corrected chi connectivity index (χ4v) is 4.29. The van der Waals surface area contributed by atoms with Crippen molar-refractivity contribution in [3.8, 4) is 0 Å². The molecule has 3 heterocycles. The highest BCUT2D eigenvalue weighted by atomic mass is 16.2. The quantitative estimate of drug-likeness (QED) is 0.808. The normalized spacial score (nSPS) is 24.1. The molecule has 28 heavy (non-hydrogen) atoms. The van der Waals surface area contributed by atoms with E-state index in [0.29, 0.717) is 12.5 Å². The van der Waals surface area contributed by atoms with Gasteiger partial charge in [-0.2, -0.15) is 0 Å². The molecule has 0 N–H and O–H groups in total. The lowest BCUT2D eigenvalue weighted by Gasteiger charge is -2.40.